The molecule has 0 bridgehead atoms. The van der Waals surface area contributed by atoms with Gasteiger partial charge >= 0.3 is 0 Å². The molecule has 1 heterocycles. The Hall–Kier alpha value is -2.82. The maximum atomic E-state index is 12.3. The number of amides is 1. The number of methoxy groups -OCH3 is 1. The van der Waals surface area contributed by atoms with Crippen LogP contribution in [0.15, 0.2) is 48.5 Å². The van der Waals surface area contributed by atoms with Crippen LogP contribution in [-0.4, -0.2) is 29.1 Å². The summed E-state index contributed by atoms with van der Waals surface area (Å²) in [6.45, 7) is 4.01. The fourth-order valence-corrected chi connectivity index (χ4v) is 4.62. The number of hydrogen-bond donors (Lipinski definition) is 1. The zero-order valence-electron chi connectivity index (χ0n) is 21.7. The molecule has 0 atom stereocenters. The molecule has 0 aliphatic carbocycles. The first-order chi connectivity index (χ1) is 17.2. The summed E-state index contributed by atoms with van der Waals surface area (Å²) in [4.78, 5) is 17.3. The molecule has 0 saturated carbocycles. The summed E-state index contributed by atoms with van der Waals surface area (Å²) in [5.74, 6) is 1.86. The van der Waals surface area contributed by atoms with Gasteiger partial charge in [0.2, 0.25) is 0 Å². The lowest BCUT2D eigenvalue weighted by molar-refractivity contribution is 0.0952. The Bertz CT molecular complexity index is 1030. The van der Waals surface area contributed by atoms with E-state index in [1.165, 1.54) is 62.7 Å². The van der Waals surface area contributed by atoms with Gasteiger partial charge < -0.3 is 14.6 Å². The number of imidazole rings is 1. The van der Waals surface area contributed by atoms with E-state index in [0.29, 0.717) is 17.9 Å². The van der Waals surface area contributed by atoms with Gasteiger partial charge in [-0.1, -0.05) is 76.5 Å². The molecule has 0 aliphatic heterocycles. The number of nitrogens with one attached hydrogen (secondary N) is 1. The summed E-state index contributed by atoms with van der Waals surface area (Å²) in [5.41, 5.74) is 3.00. The second-order valence-electron chi connectivity index (χ2n) is 9.44. The Kier molecular flexibility index (Phi) is 11.7. The number of benzene rings is 2. The number of nitrogens with zero attached hydrogens (tertiary/aromatic N) is 2. The highest BCUT2D eigenvalue weighted by atomic mass is 16.5. The van der Waals surface area contributed by atoms with Gasteiger partial charge in [0.05, 0.1) is 18.1 Å². The third kappa shape index (κ3) is 8.72. The smallest absolute Gasteiger partial charge is 0.251 e. The maximum absolute atomic E-state index is 12.3. The first-order valence-electron chi connectivity index (χ1n) is 13.6. The summed E-state index contributed by atoms with van der Waals surface area (Å²) in [6, 6.07) is 15.8. The number of aromatic nitrogens is 2. The molecule has 5 heteroatoms. The van der Waals surface area contributed by atoms with Crippen molar-refractivity contribution in [3.8, 4) is 5.75 Å². The van der Waals surface area contributed by atoms with Crippen LogP contribution in [-0.2, 0) is 13.0 Å². The van der Waals surface area contributed by atoms with Crippen molar-refractivity contribution in [2.45, 2.75) is 90.5 Å². The molecular weight excluding hydrogens is 434 g/mol. The lowest BCUT2D eigenvalue weighted by Crippen LogP contribution is -2.24. The highest BCUT2D eigenvalue weighted by Crippen LogP contribution is 2.19. The van der Waals surface area contributed by atoms with Crippen LogP contribution < -0.4 is 10.1 Å². The third-order valence-corrected chi connectivity index (χ3v) is 6.66. The van der Waals surface area contributed by atoms with Crippen molar-refractivity contribution < 1.29 is 9.53 Å². The fraction of sp³-hybridized carbons (Fsp3) is 0.533. The average molecular weight is 478 g/mol. The van der Waals surface area contributed by atoms with E-state index in [-0.39, 0.29) is 5.91 Å². The minimum Gasteiger partial charge on any atom is -0.497 e. The first kappa shape index (κ1) is 26.8. The lowest BCUT2D eigenvalue weighted by atomic mass is 10.1. The summed E-state index contributed by atoms with van der Waals surface area (Å²) in [6.07, 6.45) is 14.8. The molecule has 0 radical (unpaired) electrons. The van der Waals surface area contributed by atoms with Gasteiger partial charge in [0.25, 0.3) is 5.91 Å². The molecule has 3 aromatic rings. The highest BCUT2D eigenvalue weighted by Gasteiger charge is 2.10. The molecule has 1 amide bonds. The molecule has 0 unspecified atom stereocenters. The molecule has 5 nitrogen and oxygen atoms in total. The zero-order valence-corrected chi connectivity index (χ0v) is 21.7. The standard InChI is InChI=1S/C30H43N3O2/c1-3-4-5-6-7-8-9-15-23-33-28-20-13-12-19-27(28)32-29(33)21-11-10-14-22-31-30(34)25-17-16-18-26(24-25)35-2/h12-13,16-20,24H,3-11,14-15,21-23H2,1-2H3,(H,31,34). The molecule has 0 saturated heterocycles. The predicted molar refractivity (Wildman–Crippen MR) is 145 cm³/mol. The molecule has 0 fully saturated rings. The van der Waals surface area contributed by atoms with E-state index in [1.54, 1.807) is 13.2 Å². The topological polar surface area (TPSA) is 56.2 Å². The van der Waals surface area contributed by atoms with Crippen molar-refractivity contribution in [2.75, 3.05) is 13.7 Å². The van der Waals surface area contributed by atoms with Crippen LogP contribution in [0.2, 0.25) is 0 Å². The SMILES string of the molecule is CCCCCCCCCCn1c(CCCCCNC(=O)c2cccc(OC)c2)nc2ccccc21. The summed E-state index contributed by atoms with van der Waals surface area (Å²) in [7, 11) is 1.61. The first-order valence-corrected chi connectivity index (χ1v) is 13.6. The van der Waals surface area contributed by atoms with Gasteiger partial charge in [0.1, 0.15) is 11.6 Å². The lowest BCUT2D eigenvalue weighted by Gasteiger charge is -2.10. The van der Waals surface area contributed by atoms with Crippen molar-refractivity contribution in [3.63, 3.8) is 0 Å². The summed E-state index contributed by atoms with van der Waals surface area (Å²) >= 11 is 0. The van der Waals surface area contributed by atoms with Crippen molar-refractivity contribution in [1.82, 2.24) is 14.9 Å². The van der Waals surface area contributed by atoms with Crippen LogP contribution in [0.1, 0.15) is 93.7 Å². The average Bonchev–Trinajstić information content (AvgIpc) is 3.24. The number of hydrogen-bond acceptors (Lipinski definition) is 3. The van der Waals surface area contributed by atoms with E-state index < -0.39 is 0 Å². The second-order valence-corrected chi connectivity index (χ2v) is 9.44. The van der Waals surface area contributed by atoms with Crippen molar-refractivity contribution in [1.29, 1.82) is 0 Å². The zero-order chi connectivity index (χ0) is 24.7. The maximum Gasteiger partial charge on any atom is 0.251 e. The highest BCUT2D eigenvalue weighted by molar-refractivity contribution is 5.94. The van der Waals surface area contributed by atoms with Crippen LogP contribution in [0.25, 0.3) is 11.0 Å². The molecule has 0 aliphatic rings. The Morgan fingerprint density at radius 3 is 2.43 bits per heavy atom. The van der Waals surface area contributed by atoms with Crippen molar-refractivity contribution >= 4 is 16.9 Å². The van der Waals surface area contributed by atoms with Crippen LogP contribution in [0.5, 0.6) is 5.75 Å². The minimum atomic E-state index is -0.0453. The number of aryl methyl sites for hydroxylation is 2. The number of carbonyl (C=O) groups excluding carboxylic acids is 1. The summed E-state index contributed by atoms with van der Waals surface area (Å²) < 4.78 is 7.64. The van der Waals surface area contributed by atoms with Crippen molar-refractivity contribution in [3.05, 3.63) is 59.9 Å². The fourth-order valence-electron chi connectivity index (χ4n) is 4.62. The van der Waals surface area contributed by atoms with E-state index in [1.807, 2.05) is 18.2 Å². The van der Waals surface area contributed by atoms with Crippen LogP contribution in [0, 0.1) is 0 Å². The van der Waals surface area contributed by atoms with Gasteiger partial charge in [0.15, 0.2) is 0 Å². The third-order valence-electron chi connectivity index (χ3n) is 6.66. The molecule has 1 N–H and O–H groups in total. The molecule has 35 heavy (non-hydrogen) atoms. The number of fused-ring (bicyclic) bond motifs is 1. The van der Waals surface area contributed by atoms with Gasteiger partial charge in [-0.25, -0.2) is 4.98 Å². The second kappa shape index (κ2) is 15.2. The predicted octanol–water partition coefficient (Wildman–Crippen LogP) is 7.33. The Balaban J connectivity index is 1.40. The number of unbranched alkanes of at least 4 members (excludes halogenated alkanes) is 9. The van der Waals surface area contributed by atoms with Crippen LogP contribution in [0.3, 0.4) is 0 Å². The molecular formula is C30H43N3O2. The van der Waals surface area contributed by atoms with Gasteiger partial charge in [-0.3, -0.25) is 4.79 Å². The van der Waals surface area contributed by atoms with E-state index in [9.17, 15) is 4.79 Å². The quantitative estimate of drug-likeness (QED) is 0.207. The Morgan fingerprint density at radius 2 is 1.63 bits per heavy atom. The number of ether oxygens (including phenoxy) is 1. The van der Waals surface area contributed by atoms with Gasteiger partial charge in [-0.05, 0) is 49.6 Å². The molecule has 190 valence electrons. The van der Waals surface area contributed by atoms with E-state index in [2.05, 4.69) is 41.1 Å². The molecule has 1 aromatic heterocycles. The number of rotatable bonds is 17. The molecule has 3 rings (SSSR count). The summed E-state index contributed by atoms with van der Waals surface area (Å²) in [5, 5.41) is 3.02. The number of para-hydroxylation sites is 2. The van der Waals surface area contributed by atoms with Gasteiger partial charge in [0, 0.05) is 25.1 Å². The number of carbonyl (C=O) groups is 1. The van der Waals surface area contributed by atoms with E-state index in [0.717, 1.165) is 37.7 Å². The van der Waals surface area contributed by atoms with Crippen LogP contribution >= 0.6 is 0 Å². The van der Waals surface area contributed by atoms with Crippen molar-refractivity contribution in [2.24, 2.45) is 0 Å². The van der Waals surface area contributed by atoms with Crippen LogP contribution in [0.4, 0.5) is 0 Å². The van der Waals surface area contributed by atoms with E-state index in [4.69, 9.17) is 9.72 Å². The minimum absolute atomic E-state index is 0.0453. The molecule has 2 aromatic carbocycles. The monoisotopic (exact) mass is 477 g/mol. The van der Waals surface area contributed by atoms with E-state index >= 15 is 0 Å². The largest absolute Gasteiger partial charge is 0.497 e. The molecule has 0 spiro atoms. The Morgan fingerprint density at radius 1 is 0.886 bits per heavy atom. The Labute approximate surface area is 211 Å². The normalized spacial score (nSPS) is 11.1. The van der Waals surface area contributed by atoms with Gasteiger partial charge in [-0.15, -0.1) is 0 Å². The van der Waals surface area contributed by atoms with Gasteiger partial charge in [-0.2, -0.15) is 0 Å².